The predicted molar refractivity (Wildman–Crippen MR) is 46.6 cm³/mol. The molecule has 0 saturated heterocycles. The van der Waals surface area contributed by atoms with E-state index in [1.807, 2.05) is 12.2 Å². The number of ketones is 1. The minimum absolute atomic E-state index is 0.141. The number of hydrogen-bond donors (Lipinski definition) is 1. The Morgan fingerprint density at radius 2 is 2.33 bits per heavy atom. The van der Waals surface area contributed by atoms with Crippen molar-refractivity contribution in [3.63, 3.8) is 0 Å². The van der Waals surface area contributed by atoms with E-state index >= 15 is 0 Å². The highest BCUT2D eigenvalue weighted by atomic mass is 16.1. The van der Waals surface area contributed by atoms with E-state index < -0.39 is 0 Å². The van der Waals surface area contributed by atoms with Crippen molar-refractivity contribution in [1.29, 1.82) is 0 Å². The normalized spacial score (nSPS) is 20.5. The van der Waals surface area contributed by atoms with E-state index in [4.69, 9.17) is 0 Å². The van der Waals surface area contributed by atoms with Crippen molar-refractivity contribution in [3.05, 3.63) is 35.6 Å². The summed E-state index contributed by atoms with van der Waals surface area (Å²) in [6.45, 7) is 0. The van der Waals surface area contributed by atoms with Crippen molar-refractivity contribution in [1.82, 2.24) is 5.43 Å². The zero-order chi connectivity index (χ0) is 8.39. The number of carbonyl (C=O) groups is 1. The van der Waals surface area contributed by atoms with Crippen LogP contribution in [0.15, 0.2) is 40.7 Å². The van der Waals surface area contributed by atoms with Gasteiger partial charge in [-0.25, -0.2) is 0 Å². The number of nitrogens with zero attached hydrogens (tertiary/aromatic N) is 1. The van der Waals surface area contributed by atoms with Crippen molar-refractivity contribution < 1.29 is 4.79 Å². The molecule has 0 aromatic heterocycles. The minimum atomic E-state index is 0.141. The molecule has 60 valence electrons. The molecule has 1 N–H and O–H groups in total. The summed E-state index contributed by atoms with van der Waals surface area (Å²) in [6, 6.07) is 0. The number of allylic oxidation sites excluding steroid dienone is 5. The number of hydrazone groups is 1. The molecule has 0 fully saturated rings. The third-order valence-corrected chi connectivity index (χ3v) is 1.79. The van der Waals surface area contributed by atoms with Gasteiger partial charge in [0.1, 0.15) is 0 Å². The maximum Gasteiger partial charge on any atom is 0.168 e. The van der Waals surface area contributed by atoms with Gasteiger partial charge in [-0.2, -0.15) is 5.10 Å². The Kier molecular flexibility index (Phi) is 1.63. The molecule has 0 saturated carbocycles. The van der Waals surface area contributed by atoms with Crippen LogP contribution >= 0.6 is 0 Å². The fraction of sp³-hybridized carbons (Fsp3) is 0.111. The van der Waals surface area contributed by atoms with Gasteiger partial charge in [0.15, 0.2) is 5.78 Å². The summed E-state index contributed by atoms with van der Waals surface area (Å²) in [4.78, 5) is 11.3. The van der Waals surface area contributed by atoms with E-state index in [0.29, 0.717) is 6.42 Å². The van der Waals surface area contributed by atoms with Gasteiger partial charge in [0.05, 0.1) is 5.70 Å². The SMILES string of the molecule is O=C1CC=CC2=C1C=CC=NN2. The fourth-order valence-electron chi connectivity index (χ4n) is 1.20. The van der Waals surface area contributed by atoms with Gasteiger partial charge in [0, 0.05) is 18.2 Å². The highest BCUT2D eigenvalue weighted by Gasteiger charge is 2.14. The summed E-state index contributed by atoms with van der Waals surface area (Å²) in [5, 5.41) is 3.87. The lowest BCUT2D eigenvalue weighted by molar-refractivity contribution is -0.114. The standard InChI is InChI=1S/C9H8N2O/c12-9-5-1-4-8-7(9)3-2-6-10-11-8/h1-4,6,11H,5H2. The number of hydrogen-bond acceptors (Lipinski definition) is 3. The number of rotatable bonds is 0. The van der Waals surface area contributed by atoms with Crippen molar-refractivity contribution >= 4 is 12.0 Å². The van der Waals surface area contributed by atoms with Crippen LogP contribution in [0.4, 0.5) is 0 Å². The second kappa shape index (κ2) is 2.77. The molecule has 0 unspecified atom stereocenters. The second-order valence-corrected chi connectivity index (χ2v) is 2.61. The lowest BCUT2D eigenvalue weighted by atomic mass is 10.0. The maximum atomic E-state index is 11.3. The van der Waals surface area contributed by atoms with Crippen LogP contribution in [0.25, 0.3) is 0 Å². The quantitative estimate of drug-likeness (QED) is 0.572. The summed E-state index contributed by atoms with van der Waals surface area (Å²) in [5.74, 6) is 0.141. The summed E-state index contributed by atoms with van der Waals surface area (Å²) < 4.78 is 0. The molecule has 0 aromatic carbocycles. The van der Waals surface area contributed by atoms with Crippen LogP contribution < -0.4 is 5.43 Å². The van der Waals surface area contributed by atoms with Gasteiger partial charge in [0.25, 0.3) is 0 Å². The average molecular weight is 160 g/mol. The van der Waals surface area contributed by atoms with Crippen LogP contribution in [-0.2, 0) is 4.79 Å². The molecular weight excluding hydrogens is 152 g/mol. The largest absolute Gasteiger partial charge is 0.294 e. The molecule has 1 aliphatic carbocycles. The van der Waals surface area contributed by atoms with Gasteiger partial charge in [-0.15, -0.1) is 0 Å². The smallest absolute Gasteiger partial charge is 0.168 e. The highest BCUT2D eigenvalue weighted by Crippen LogP contribution is 2.15. The lowest BCUT2D eigenvalue weighted by Gasteiger charge is -2.09. The van der Waals surface area contributed by atoms with Crippen LogP contribution in [0, 0.1) is 0 Å². The Morgan fingerprint density at radius 3 is 3.25 bits per heavy atom. The molecule has 0 spiro atoms. The molecule has 0 aromatic rings. The van der Waals surface area contributed by atoms with Crippen LogP contribution in [0.5, 0.6) is 0 Å². The first-order valence-electron chi connectivity index (χ1n) is 3.78. The molecule has 0 radical (unpaired) electrons. The van der Waals surface area contributed by atoms with Crippen molar-refractivity contribution in [2.24, 2.45) is 5.10 Å². The molecule has 0 amide bonds. The van der Waals surface area contributed by atoms with Gasteiger partial charge in [0.2, 0.25) is 0 Å². The Bertz CT molecular complexity index is 334. The molecule has 1 aliphatic heterocycles. The monoisotopic (exact) mass is 160 g/mol. The predicted octanol–water partition coefficient (Wildman–Crippen LogP) is 0.915. The molecule has 3 heteroatoms. The van der Waals surface area contributed by atoms with E-state index in [9.17, 15) is 4.79 Å². The van der Waals surface area contributed by atoms with E-state index in [1.165, 1.54) is 0 Å². The van der Waals surface area contributed by atoms with Gasteiger partial charge in [-0.05, 0) is 18.2 Å². The fourth-order valence-corrected chi connectivity index (χ4v) is 1.20. The number of Topliss-reactive ketones (excluding diaryl/α,β-unsaturated/α-hetero) is 1. The Balaban J connectivity index is 2.45. The molecule has 0 atom stereocenters. The third-order valence-electron chi connectivity index (χ3n) is 1.79. The molecule has 3 nitrogen and oxygen atoms in total. The van der Waals surface area contributed by atoms with Crippen molar-refractivity contribution in [2.75, 3.05) is 0 Å². The van der Waals surface area contributed by atoms with E-state index in [1.54, 1.807) is 18.4 Å². The molecule has 12 heavy (non-hydrogen) atoms. The van der Waals surface area contributed by atoms with E-state index in [-0.39, 0.29) is 5.78 Å². The molecular formula is C9H8N2O. The first kappa shape index (κ1) is 7.03. The first-order valence-corrected chi connectivity index (χ1v) is 3.78. The second-order valence-electron chi connectivity index (χ2n) is 2.61. The van der Waals surface area contributed by atoms with Crippen LogP contribution in [-0.4, -0.2) is 12.0 Å². The van der Waals surface area contributed by atoms with Gasteiger partial charge >= 0.3 is 0 Å². The Morgan fingerprint density at radius 1 is 1.42 bits per heavy atom. The zero-order valence-corrected chi connectivity index (χ0v) is 6.45. The van der Waals surface area contributed by atoms with E-state index in [0.717, 1.165) is 11.3 Å². The van der Waals surface area contributed by atoms with Crippen LogP contribution in [0.3, 0.4) is 0 Å². The highest BCUT2D eigenvalue weighted by molar-refractivity contribution is 6.02. The van der Waals surface area contributed by atoms with E-state index in [2.05, 4.69) is 10.5 Å². The Labute approximate surface area is 70.2 Å². The zero-order valence-electron chi connectivity index (χ0n) is 6.45. The maximum absolute atomic E-state index is 11.3. The number of carbonyl (C=O) groups excluding carboxylic acids is 1. The first-order chi connectivity index (χ1) is 5.88. The molecule has 0 bridgehead atoms. The molecule has 1 heterocycles. The average Bonchev–Trinajstić information content (AvgIpc) is 2.30. The summed E-state index contributed by atoms with van der Waals surface area (Å²) in [6.07, 6.45) is 9.37. The summed E-state index contributed by atoms with van der Waals surface area (Å²) in [7, 11) is 0. The van der Waals surface area contributed by atoms with Crippen LogP contribution in [0.2, 0.25) is 0 Å². The van der Waals surface area contributed by atoms with Gasteiger partial charge in [-0.3, -0.25) is 10.2 Å². The number of nitrogens with one attached hydrogen (secondary N) is 1. The van der Waals surface area contributed by atoms with Gasteiger partial charge < -0.3 is 0 Å². The van der Waals surface area contributed by atoms with Crippen molar-refractivity contribution in [2.45, 2.75) is 6.42 Å². The lowest BCUT2D eigenvalue weighted by Crippen LogP contribution is -2.13. The van der Waals surface area contributed by atoms with Crippen molar-refractivity contribution in [3.8, 4) is 0 Å². The summed E-state index contributed by atoms with van der Waals surface area (Å²) in [5.41, 5.74) is 4.30. The minimum Gasteiger partial charge on any atom is -0.294 e. The topological polar surface area (TPSA) is 41.5 Å². The molecule has 2 aliphatic rings. The third kappa shape index (κ3) is 1.09. The molecule has 2 rings (SSSR count). The summed E-state index contributed by atoms with van der Waals surface area (Å²) >= 11 is 0. The Hall–Kier alpha value is -1.64. The van der Waals surface area contributed by atoms with Gasteiger partial charge in [-0.1, -0.05) is 6.08 Å². The van der Waals surface area contributed by atoms with Crippen LogP contribution in [0.1, 0.15) is 6.42 Å².